The Bertz CT molecular complexity index is 388. The van der Waals surface area contributed by atoms with E-state index in [1.54, 1.807) is 38.1 Å². The van der Waals surface area contributed by atoms with Crippen molar-refractivity contribution in [2.75, 3.05) is 0 Å². The first kappa shape index (κ1) is 14.7. The number of ether oxygens (including phenoxy) is 1. The minimum absolute atomic E-state index is 0.323. The average Bonchev–Trinajstić information content (AvgIpc) is 2.26. The Balaban J connectivity index is 2.58. The number of carbonyl (C=O) groups excluding carboxylic acids is 1. The number of hydrogen-bond donors (Lipinski definition) is 1. The van der Waals surface area contributed by atoms with Crippen LogP contribution in [-0.2, 0) is 4.74 Å². The molecule has 0 amide bonds. The molecule has 1 rings (SSSR count). The summed E-state index contributed by atoms with van der Waals surface area (Å²) in [6.07, 6.45) is 1.21. The third-order valence-electron chi connectivity index (χ3n) is 2.72. The van der Waals surface area contributed by atoms with Crippen molar-refractivity contribution in [2.24, 2.45) is 0 Å². The summed E-state index contributed by atoms with van der Waals surface area (Å²) in [5, 5.41) is 9.69. The summed E-state index contributed by atoms with van der Waals surface area (Å²) in [6, 6.07) is 8.93. The summed E-state index contributed by atoms with van der Waals surface area (Å²) in [5.41, 5.74) is -0.766. The molecule has 3 heteroatoms. The van der Waals surface area contributed by atoms with Crippen LogP contribution in [0.2, 0.25) is 0 Å². The molecule has 0 aliphatic carbocycles. The molecule has 1 aromatic carbocycles. The minimum atomic E-state index is -0.740. The smallest absolute Gasteiger partial charge is 0.338 e. The quantitative estimate of drug-likeness (QED) is 0.816. The van der Waals surface area contributed by atoms with Crippen molar-refractivity contribution in [2.45, 2.75) is 51.7 Å². The van der Waals surface area contributed by atoms with Crippen LogP contribution < -0.4 is 0 Å². The van der Waals surface area contributed by atoms with Gasteiger partial charge in [-0.05, 0) is 52.7 Å². The molecule has 0 saturated heterocycles. The van der Waals surface area contributed by atoms with Crippen molar-refractivity contribution in [3.05, 3.63) is 35.9 Å². The van der Waals surface area contributed by atoms with Gasteiger partial charge in [0.1, 0.15) is 5.60 Å². The zero-order chi connectivity index (χ0) is 13.8. The number of aliphatic hydroxyl groups is 1. The number of benzene rings is 1. The molecule has 0 fully saturated rings. The van der Waals surface area contributed by atoms with Gasteiger partial charge in [-0.15, -0.1) is 0 Å². The molecule has 18 heavy (non-hydrogen) atoms. The van der Waals surface area contributed by atoms with Crippen LogP contribution in [0.5, 0.6) is 0 Å². The van der Waals surface area contributed by atoms with Crippen LogP contribution in [-0.4, -0.2) is 22.3 Å². The van der Waals surface area contributed by atoms with Crippen LogP contribution in [0.1, 0.15) is 50.9 Å². The number of esters is 1. The summed E-state index contributed by atoms with van der Waals surface area (Å²) in [5.74, 6) is -0.323. The van der Waals surface area contributed by atoms with E-state index in [-0.39, 0.29) is 5.97 Å². The lowest BCUT2D eigenvalue weighted by Gasteiger charge is -2.28. The summed E-state index contributed by atoms with van der Waals surface area (Å²) >= 11 is 0. The van der Waals surface area contributed by atoms with E-state index < -0.39 is 11.2 Å². The van der Waals surface area contributed by atoms with Gasteiger partial charge in [-0.3, -0.25) is 0 Å². The standard InChI is InChI=1S/C15H22O3/c1-14(2,17)10-11-15(3,4)18-13(16)12-8-6-5-7-9-12/h5-9,17H,10-11H2,1-4H3. The van der Waals surface area contributed by atoms with Gasteiger partial charge < -0.3 is 9.84 Å². The Morgan fingerprint density at radius 1 is 1.11 bits per heavy atom. The van der Waals surface area contributed by atoms with Gasteiger partial charge in [0.25, 0.3) is 0 Å². The largest absolute Gasteiger partial charge is 0.456 e. The molecule has 1 N–H and O–H groups in total. The maximum absolute atomic E-state index is 11.9. The van der Waals surface area contributed by atoms with Crippen LogP contribution in [0.15, 0.2) is 30.3 Å². The van der Waals surface area contributed by atoms with E-state index in [0.29, 0.717) is 18.4 Å². The molecule has 1 aromatic rings. The van der Waals surface area contributed by atoms with E-state index in [2.05, 4.69) is 0 Å². The normalized spacial score (nSPS) is 12.3. The van der Waals surface area contributed by atoms with Crippen LogP contribution in [0.3, 0.4) is 0 Å². The molecule has 0 spiro atoms. The number of hydrogen-bond acceptors (Lipinski definition) is 3. The van der Waals surface area contributed by atoms with E-state index in [4.69, 9.17) is 4.74 Å². The Morgan fingerprint density at radius 2 is 1.67 bits per heavy atom. The van der Waals surface area contributed by atoms with Gasteiger partial charge in [-0.25, -0.2) is 4.79 Å². The molecule has 0 aromatic heterocycles. The van der Waals surface area contributed by atoms with Gasteiger partial charge in [0.15, 0.2) is 0 Å². The highest BCUT2D eigenvalue weighted by Gasteiger charge is 2.26. The molecule has 0 unspecified atom stereocenters. The highest BCUT2D eigenvalue weighted by molar-refractivity contribution is 5.89. The fourth-order valence-corrected chi connectivity index (χ4v) is 1.54. The molecular formula is C15H22O3. The number of rotatable bonds is 5. The van der Waals surface area contributed by atoms with E-state index >= 15 is 0 Å². The highest BCUT2D eigenvalue weighted by atomic mass is 16.6. The van der Waals surface area contributed by atoms with E-state index in [1.165, 1.54) is 0 Å². The van der Waals surface area contributed by atoms with Gasteiger partial charge in [0, 0.05) is 0 Å². The molecule has 100 valence electrons. The molecular weight excluding hydrogens is 228 g/mol. The van der Waals surface area contributed by atoms with E-state index in [9.17, 15) is 9.90 Å². The fourth-order valence-electron chi connectivity index (χ4n) is 1.54. The predicted octanol–water partition coefficient (Wildman–Crippen LogP) is 3.17. The van der Waals surface area contributed by atoms with Gasteiger partial charge in [-0.1, -0.05) is 18.2 Å². The topological polar surface area (TPSA) is 46.5 Å². The third-order valence-corrected chi connectivity index (χ3v) is 2.72. The lowest BCUT2D eigenvalue weighted by molar-refractivity contribution is -0.0197. The fraction of sp³-hybridized carbons (Fsp3) is 0.533. The molecule has 0 aliphatic rings. The first-order valence-electron chi connectivity index (χ1n) is 6.20. The SMILES string of the molecule is CC(C)(O)CCC(C)(C)OC(=O)c1ccccc1. The van der Waals surface area contributed by atoms with Crippen molar-refractivity contribution in [3.8, 4) is 0 Å². The maximum atomic E-state index is 11.9. The van der Waals surface area contributed by atoms with Crippen LogP contribution >= 0.6 is 0 Å². The van der Waals surface area contributed by atoms with Crippen LogP contribution in [0.4, 0.5) is 0 Å². The minimum Gasteiger partial charge on any atom is -0.456 e. The first-order chi connectivity index (χ1) is 8.20. The van der Waals surface area contributed by atoms with Gasteiger partial charge >= 0.3 is 5.97 Å². The Kier molecular flexibility index (Phi) is 4.52. The summed E-state index contributed by atoms with van der Waals surface area (Å²) < 4.78 is 5.47. The Morgan fingerprint density at radius 3 is 2.17 bits per heavy atom. The Labute approximate surface area is 109 Å². The first-order valence-corrected chi connectivity index (χ1v) is 6.20. The summed E-state index contributed by atoms with van der Waals surface area (Å²) in [4.78, 5) is 11.9. The molecule has 0 aliphatic heterocycles. The van der Waals surface area contributed by atoms with Gasteiger partial charge in [-0.2, -0.15) is 0 Å². The molecule has 0 radical (unpaired) electrons. The van der Waals surface area contributed by atoms with Gasteiger partial charge in [0.2, 0.25) is 0 Å². The molecule has 0 atom stereocenters. The maximum Gasteiger partial charge on any atom is 0.338 e. The van der Waals surface area contributed by atoms with E-state index in [0.717, 1.165) is 0 Å². The van der Waals surface area contributed by atoms with Crippen molar-refractivity contribution in [3.63, 3.8) is 0 Å². The average molecular weight is 250 g/mol. The monoisotopic (exact) mass is 250 g/mol. The third kappa shape index (κ3) is 5.32. The second-order valence-corrected chi connectivity index (χ2v) is 5.83. The zero-order valence-electron chi connectivity index (χ0n) is 11.6. The Hall–Kier alpha value is -1.35. The second kappa shape index (κ2) is 5.53. The van der Waals surface area contributed by atoms with Crippen molar-refractivity contribution >= 4 is 5.97 Å². The molecule has 0 bridgehead atoms. The lowest BCUT2D eigenvalue weighted by Crippen LogP contribution is -2.31. The number of carbonyl (C=O) groups is 1. The van der Waals surface area contributed by atoms with E-state index in [1.807, 2.05) is 19.9 Å². The van der Waals surface area contributed by atoms with Crippen molar-refractivity contribution in [1.29, 1.82) is 0 Å². The molecule has 0 saturated carbocycles. The van der Waals surface area contributed by atoms with Crippen LogP contribution in [0, 0.1) is 0 Å². The molecule has 0 heterocycles. The van der Waals surface area contributed by atoms with Crippen molar-refractivity contribution in [1.82, 2.24) is 0 Å². The summed E-state index contributed by atoms with van der Waals surface area (Å²) in [7, 11) is 0. The summed E-state index contributed by atoms with van der Waals surface area (Å²) in [6.45, 7) is 7.23. The van der Waals surface area contributed by atoms with Crippen molar-refractivity contribution < 1.29 is 14.6 Å². The second-order valence-electron chi connectivity index (χ2n) is 5.83. The van der Waals surface area contributed by atoms with Gasteiger partial charge in [0.05, 0.1) is 11.2 Å². The van der Waals surface area contributed by atoms with Crippen LogP contribution in [0.25, 0.3) is 0 Å². The predicted molar refractivity (Wildman–Crippen MR) is 71.5 cm³/mol. The highest BCUT2D eigenvalue weighted by Crippen LogP contribution is 2.23. The lowest BCUT2D eigenvalue weighted by atomic mass is 9.94. The zero-order valence-corrected chi connectivity index (χ0v) is 11.6. The molecule has 3 nitrogen and oxygen atoms in total.